The van der Waals surface area contributed by atoms with Gasteiger partial charge in [0.15, 0.2) is 0 Å². The van der Waals surface area contributed by atoms with Crippen LogP contribution in [0.4, 0.5) is 11.5 Å². The minimum atomic E-state index is -0.303. The Hall–Kier alpha value is -3.48. The molecule has 0 saturated heterocycles. The van der Waals surface area contributed by atoms with Crippen molar-refractivity contribution in [2.24, 2.45) is 0 Å². The summed E-state index contributed by atoms with van der Waals surface area (Å²) < 4.78 is 1.79. The molecule has 1 aliphatic heterocycles. The highest BCUT2D eigenvalue weighted by molar-refractivity contribution is 6.03. The second-order valence-corrected chi connectivity index (χ2v) is 8.24. The molecule has 1 amide bonds. The number of phenols is 2. The van der Waals surface area contributed by atoms with E-state index in [1.165, 1.54) is 12.1 Å². The highest BCUT2D eigenvalue weighted by Gasteiger charge is 2.29. The first kappa shape index (κ1) is 18.9. The molecule has 2 aromatic carbocycles. The van der Waals surface area contributed by atoms with E-state index >= 15 is 0 Å². The molecule has 0 unspecified atom stereocenters. The third-order valence-corrected chi connectivity index (χ3v) is 4.99. The van der Waals surface area contributed by atoms with Crippen molar-refractivity contribution in [1.82, 2.24) is 14.7 Å². The fourth-order valence-corrected chi connectivity index (χ4v) is 3.64. The number of hydrogen-bond donors (Lipinski definition) is 3. The highest BCUT2D eigenvalue weighted by Crippen LogP contribution is 2.36. The van der Waals surface area contributed by atoms with Crippen LogP contribution < -0.4 is 5.32 Å². The van der Waals surface area contributed by atoms with E-state index in [1.54, 1.807) is 21.8 Å². The molecule has 1 aliphatic rings. The monoisotopic (exact) mass is 392 g/mol. The number of phenolic OH excluding ortho intramolecular Hbond substituents is 2. The van der Waals surface area contributed by atoms with E-state index in [1.807, 2.05) is 45.0 Å². The molecular weight excluding hydrogens is 368 g/mol. The lowest BCUT2D eigenvalue weighted by Crippen LogP contribution is -2.27. The second kappa shape index (κ2) is 6.84. The molecule has 0 aliphatic carbocycles. The van der Waals surface area contributed by atoms with Crippen LogP contribution in [0, 0.1) is 0 Å². The van der Waals surface area contributed by atoms with E-state index in [2.05, 4.69) is 10.4 Å². The number of anilines is 2. The fraction of sp³-hybridized carbons (Fsp3) is 0.273. The molecule has 150 valence electrons. The number of nitrogens with zero attached hydrogens (tertiary/aromatic N) is 3. The van der Waals surface area contributed by atoms with Gasteiger partial charge < -0.3 is 20.4 Å². The van der Waals surface area contributed by atoms with Crippen molar-refractivity contribution >= 4 is 17.4 Å². The standard InChI is InChI=1S/C22H24N4O3/c1-22(2,3)26-19(8-9-23-26)24-17-10-16(27)11-18(28)20(17)21(29)25-12-14-6-4-5-7-15(14)13-25/h4-11,24,27-28H,12-13H2,1-3H3. The minimum absolute atomic E-state index is 0.122. The molecule has 0 bridgehead atoms. The first-order valence-electron chi connectivity index (χ1n) is 9.47. The molecule has 0 radical (unpaired) electrons. The predicted molar refractivity (Wildman–Crippen MR) is 110 cm³/mol. The van der Waals surface area contributed by atoms with E-state index in [4.69, 9.17) is 0 Å². The molecule has 7 heteroatoms. The Bertz CT molecular complexity index is 1060. The summed E-state index contributed by atoms with van der Waals surface area (Å²) >= 11 is 0. The topological polar surface area (TPSA) is 90.6 Å². The van der Waals surface area contributed by atoms with Gasteiger partial charge in [-0.1, -0.05) is 24.3 Å². The molecular formula is C22H24N4O3. The van der Waals surface area contributed by atoms with Crippen LogP contribution >= 0.6 is 0 Å². The van der Waals surface area contributed by atoms with Crippen LogP contribution in [0.2, 0.25) is 0 Å². The maximum atomic E-state index is 13.3. The van der Waals surface area contributed by atoms with Gasteiger partial charge in [-0.15, -0.1) is 0 Å². The summed E-state index contributed by atoms with van der Waals surface area (Å²) in [5.74, 6) is -0.0485. The van der Waals surface area contributed by atoms with Gasteiger partial charge in [-0.3, -0.25) is 4.79 Å². The van der Waals surface area contributed by atoms with E-state index in [-0.39, 0.29) is 28.5 Å². The smallest absolute Gasteiger partial charge is 0.260 e. The van der Waals surface area contributed by atoms with Gasteiger partial charge in [0.25, 0.3) is 5.91 Å². The molecule has 0 fully saturated rings. The van der Waals surface area contributed by atoms with Gasteiger partial charge in [0.2, 0.25) is 0 Å². The summed E-state index contributed by atoms with van der Waals surface area (Å²) in [6, 6.07) is 12.3. The summed E-state index contributed by atoms with van der Waals surface area (Å²) in [5.41, 5.74) is 2.36. The van der Waals surface area contributed by atoms with Crippen LogP contribution in [-0.2, 0) is 18.6 Å². The first-order chi connectivity index (χ1) is 13.7. The lowest BCUT2D eigenvalue weighted by Gasteiger charge is -2.24. The van der Waals surface area contributed by atoms with Gasteiger partial charge in [-0.2, -0.15) is 5.10 Å². The van der Waals surface area contributed by atoms with Crippen molar-refractivity contribution in [2.75, 3.05) is 5.32 Å². The number of rotatable bonds is 3. The summed E-state index contributed by atoms with van der Waals surface area (Å²) in [4.78, 5) is 15.0. The van der Waals surface area contributed by atoms with Crippen molar-refractivity contribution in [3.63, 3.8) is 0 Å². The fourth-order valence-electron chi connectivity index (χ4n) is 3.64. The summed E-state index contributed by atoms with van der Waals surface area (Å²) in [7, 11) is 0. The van der Waals surface area contributed by atoms with E-state index in [0.717, 1.165) is 11.1 Å². The number of aromatic nitrogens is 2. The molecule has 1 aromatic heterocycles. The summed E-state index contributed by atoms with van der Waals surface area (Å²) in [5, 5.41) is 28.0. The maximum Gasteiger partial charge on any atom is 0.260 e. The number of aromatic hydroxyl groups is 2. The molecule has 7 nitrogen and oxygen atoms in total. The van der Waals surface area contributed by atoms with E-state index < -0.39 is 0 Å². The zero-order chi connectivity index (χ0) is 20.8. The molecule has 4 rings (SSSR count). The number of carbonyl (C=O) groups excluding carboxylic acids is 1. The lowest BCUT2D eigenvalue weighted by atomic mass is 10.1. The van der Waals surface area contributed by atoms with Crippen molar-refractivity contribution < 1.29 is 15.0 Å². The van der Waals surface area contributed by atoms with Gasteiger partial charge in [0.05, 0.1) is 17.4 Å². The zero-order valence-electron chi connectivity index (χ0n) is 16.7. The molecule has 0 atom stereocenters. The van der Waals surface area contributed by atoms with Crippen LogP contribution in [-0.4, -0.2) is 30.8 Å². The second-order valence-electron chi connectivity index (χ2n) is 8.24. The van der Waals surface area contributed by atoms with Crippen molar-refractivity contribution in [2.45, 2.75) is 39.4 Å². The average Bonchev–Trinajstić information content (AvgIpc) is 3.27. The quantitative estimate of drug-likeness (QED) is 0.628. The third-order valence-electron chi connectivity index (χ3n) is 4.99. The molecule has 3 N–H and O–H groups in total. The number of benzene rings is 2. The number of fused-ring (bicyclic) bond motifs is 1. The van der Waals surface area contributed by atoms with Gasteiger partial charge in [0.1, 0.15) is 22.9 Å². The van der Waals surface area contributed by atoms with Gasteiger partial charge in [-0.25, -0.2) is 4.68 Å². The normalized spacial score (nSPS) is 13.4. The predicted octanol–water partition coefficient (Wildman–Crippen LogP) is 3.95. The first-order valence-corrected chi connectivity index (χ1v) is 9.47. The van der Waals surface area contributed by atoms with Crippen LogP contribution in [0.1, 0.15) is 42.3 Å². The van der Waals surface area contributed by atoms with E-state index in [9.17, 15) is 15.0 Å². The summed E-state index contributed by atoms with van der Waals surface area (Å²) in [6.07, 6.45) is 1.66. The minimum Gasteiger partial charge on any atom is -0.508 e. The Morgan fingerprint density at radius 1 is 1.07 bits per heavy atom. The Balaban J connectivity index is 1.70. The van der Waals surface area contributed by atoms with Crippen LogP contribution in [0.15, 0.2) is 48.7 Å². The van der Waals surface area contributed by atoms with Crippen LogP contribution in [0.25, 0.3) is 0 Å². The Labute approximate surface area is 169 Å². The van der Waals surface area contributed by atoms with Crippen molar-refractivity contribution in [3.05, 3.63) is 65.4 Å². The Morgan fingerprint density at radius 3 is 2.34 bits per heavy atom. The van der Waals surface area contributed by atoms with Gasteiger partial charge in [-0.05, 0) is 31.9 Å². The lowest BCUT2D eigenvalue weighted by molar-refractivity contribution is 0.0749. The van der Waals surface area contributed by atoms with Crippen molar-refractivity contribution in [1.29, 1.82) is 0 Å². The third kappa shape index (κ3) is 3.51. The number of carbonyl (C=O) groups is 1. The van der Waals surface area contributed by atoms with Crippen LogP contribution in [0.5, 0.6) is 11.5 Å². The Morgan fingerprint density at radius 2 is 1.72 bits per heavy atom. The molecule has 0 spiro atoms. The van der Waals surface area contributed by atoms with Gasteiger partial charge in [0, 0.05) is 31.3 Å². The van der Waals surface area contributed by atoms with Crippen molar-refractivity contribution in [3.8, 4) is 11.5 Å². The SMILES string of the molecule is CC(C)(C)n1nccc1Nc1cc(O)cc(O)c1C(=O)N1Cc2ccccc2C1. The highest BCUT2D eigenvalue weighted by atomic mass is 16.3. The number of amides is 1. The van der Waals surface area contributed by atoms with E-state index in [0.29, 0.717) is 24.6 Å². The molecule has 29 heavy (non-hydrogen) atoms. The number of hydrogen-bond acceptors (Lipinski definition) is 5. The molecule has 0 saturated carbocycles. The van der Waals surface area contributed by atoms with Crippen LogP contribution in [0.3, 0.4) is 0 Å². The molecule has 2 heterocycles. The number of nitrogens with one attached hydrogen (secondary N) is 1. The zero-order valence-corrected chi connectivity index (χ0v) is 16.7. The molecule has 3 aromatic rings. The Kier molecular flexibility index (Phi) is 4.45. The largest absolute Gasteiger partial charge is 0.508 e. The van der Waals surface area contributed by atoms with Gasteiger partial charge >= 0.3 is 0 Å². The maximum absolute atomic E-state index is 13.3. The summed E-state index contributed by atoms with van der Waals surface area (Å²) in [6.45, 7) is 7.00. The average molecular weight is 392 g/mol.